The number of hydrogen-bond donors (Lipinski definition) is 0. The second-order valence-corrected chi connectivity index (χ2v) is 10.7. The third kappa shape index (κ3) is 20.2. The Bertz CT molecular complexity index is 690. The molecule has 0 saturated carbocycles. The van der Waals surface area contributed by atoms with Crippen LogP contribution in [0, 0.1) is 5.92 Å². The zero-order valence-electron chi connectivity index (χ0n) is 20.6. The molecule has 0 unspecified atom stereocenters. The SMILES string of the molecule is CC(C)=CCC/C(C)=C/CC/C(C)=C/CC/C(C)=C/CC[C@H](C)CCOS(C)(=O)=O. The molecule has 0 heterocycles. The Morgan fingerprint density at radius 2 is 1.17 bits per heavy atom. The number of hydrogen-bond acceptors (Lipinski definition) is 3. The molecule has 0 N–H and O–H groups in total. The summed E-state index contributed by atoms with van der Waals surface area (Å²) < 4.78 is 26.8. The summed E-state index contributed by atoms with van der Waals surface area (Å²) in [5.74, 6) is 0.469. The van der Waals surface area contributed by atoms with E-state index in [0.717, 1.165) is 57.6 Å². The molecule has 0 aromatic rings. The molecule has 0 aromatic heterocycles. The lowest BCUT2D eigenvalue weighted by atomic mass is 10.0. The van der Waals surface area contributed by atoms with Crippen LogP contribution in [0.15, 0.2) is 46.6 Å². The van der Waals surface area contributed by atoms with Gasteiger partial charge in [-0.05, 0) is 98.3 Å². The molecule has 0 fully saturated rings. The van der Waals surface area contributed by atoms with Gasteiger partial charge in [-0.15, -0.1) is 0 Å². The van der Waals surface area contributed by atoms with Gasteiger partial charge in [0.1, 0.15) is 0 Å². The summed E-state index contributed by atoms with van der Waals surface area (Å²) in [6.45, 7) is 13.4. The van der Waals surface area contributed by atoms with Crippen molar-refractivity contribution in [2.24, 2.45) is 5.92 Å². The molecule has 0 aliphatic carbocycles. The Hall–Kier alpha value is -1.13. The standard InChI is InChI=1S/C26H46O3S/c1-22(2)12-8-13-23(3)14-9-15-24(4)16-10-17-25(5)18-11-19-26(6)20-21-29-30(7,27)28/h12,14,16,18,26H,8-11,13,15,17,19-21H2,1-7H3/b23-14+,24-16+,25-18+/t26-/m0/s1. The Morgan fingerprint density at radius 1 is 0.733 bits per heavy atom. The van der Waals surface area contributed by atoms with Crippen molar-refractivity contribution in [3.05, 3.63) is 46.6 Å². The maximum atomic E-state index is 11.0. The van der Waals surface area contributed by atoms with Crippen molar-refractivity contribution >= 4 is 10.1 Å². The average molecular weight is 439 g/mol. The first kappa shape index (κ1) is 28.9. The molecule has 0 aliphatic rings. The molecule has 0 aliphatic heterocycles. The molecule has 174 valence electrons. The van der Waals surface area contributed by atoms with Gasteiger partial charge in [0.2, 0.25) is 0 Å². The fourth-order valence-corrected chi connectivity index (χ4v) is 3.55. The molecule has 0 rings (SSSR count). The predicted molar refractivity (Wildman–Crippen MR) is 132 cm³/mol. The van der Waals surface area contributed by atoms with Gasteiger partial charge in [-0.3, -0.25) is 4.18 Å². The topological polar surface area (TPSA) is 43.4 Å². The van der Waals surface area contributed by atoms with Crippen LogP contribution in [0.3, 0.4) is 0 Å². The summed E-state index contributed by atoms with van der Waals surface area (Å²) in [4.78, 5) is 0. The Morgan fingerprint density at radius 3 is 1.60 bits per heavy atom. The summed E-state index contributed by atoms with van der Waals surface area (Å²) in [6.07, 6.45) is 20.2. The highest BCUT2D eigenvalue weighted by molar-refractivity contribution is 7.85. The van der Waals surface area contributed by atoms with Crippen LogP contribution in [-0.2, 0) is 14.3 Å². The summed E-state index contributed by atoms with van der Waals surface area (Å²) in [5, 5.41) is 0. The molecule has 4 heteroatoms. The number of rotatable bonds is 16. The van der Waals surface area contributed by atoms with Gasteiger partial charge in [0.05, 0.1) is 12.9 Å². The second kappa shape index (κ2) is 16.5. The highest BCUT2D eigenvalue weighted by Crippen LogP contribution is 2.16. The van der Waals surface area contributed by atoms with E-state index in [0.29, 0.717) is 5.92 Å². The second-order valence-electron chi connectivity index (χ2n) is 9.05. The van der Waals surface area contributed by atoms with Crippen molar-refractivity contribution in [3.8, 4) is 0 Å². The third-order valence-corrected chi connectivity index (χ3v) is 5.81. The molecule has 0 saturated heterocycles. The van der Waals surface area contributed by atoms with Gasteiger partial charge in [0, 0.05) is 0 Å². The van der Waals surface area contributed by atoms with Crippen LogP contribution in [0.25, 0.3) is 0 Å². The lowest BCUT2D eigenvalue weighted by Crippen LogP contribution is -2.07. The Balaban J connectivity index is 4.01. The predicted octanol–water partition coefficient (Wildman–Crippen LogP) is 7.91. The first-order valence-corrected chi connectivity index (χ1v) is 13.3. The van der Waals surface area contributed by atoms with E-state index in [9.17, 15) is 8.42 Å². The molecule has 0 spiro atoms. The van der Waals surface area contributed by atoms with Crippen LogP contribution in [0.4, 0.5) is 0 Å². The average Bonchev–Trinajstić information content (AvgIpc) is 2.60. The molecular formula is C26H46O3S. The zero-order chi connectivity index (χ0) is 23.0. The summed E-state index contributed by atoms with van der Waals surface area (Å²) >= 11 is 0. The van der Waals surface area contributed by atoms with Crippen LogP contribution in [0.5, 0.6) is 0 Å². The maximum Gasteiger partial charge on any atom is 0.264 e. The minimum absolute atomic E-state index is 0.289. The molecular weight excluding hydrogens is 392 g/mol. The van der Waals surface area contributed by atoms with Crippen molar-refractivity contribution < 1.29 is 12.6 Å². The lowest BCUT2D eigenvalue weighted by Gasteiger charge is -2.09. The van der Waals surface area contributed by atoms with Gasteiger partial charge in [0.15, 0.2) is 0 Å². The fraction of sp³-hybridized carbons (Fsp3) is 0.692. The van der Waals surface area contributed by atoms with Gasteiger partial charge < -0.3 is 0 Å². The van der Waals surface area contributed by atoms with E-state index in [1.54, 1.807) is 0 Å². The highest BCUT2D eigenvalue weighted by atomic mass is 32.2. The molecule has 3 nitrogen and oxygen atoms in total. The van der Waals surface area contributed by atoms with Crippen molar-refractivity contribution in [1.29, 1.82) is 0 Å². The molecule has 0 amide bonds. The smallest absolute Gasteiger partial charge is 0.264 e. The summed E-state index contributed by atoms with van der Waals surface area (Å²) in [5.41, 5.74) is 5.82. The fourth-order valence-electron chi connectivity index (χ4n) is 3.15. The molecule has 0 bridgehead atoms. The van der Waals surface area contributed by atoms with Crippen molar-refractivity contribution in [2.45, 2.75) is 99.3 Å². The van der Waals surface area contributed by atoms with Crippen molar-refractivity contribution in [1.82, 2.24) is 0 Å². The largest absolute Gasteiger partial charge is 0.270 e. The monoisotopic (exact) mass is 438 g/mol. The lowest BCUT2D eigenvalue weighted by molar-refractivity contribution is 0.286. The van der Waals surface area contributed by atoms with Crippen molar-refractivity contribution in [2.75, 3.05) is 12.9 Å². The van der Waals surface area contributed by atoms with Gasteiger partial charge in [0.25, 0.3) is 10.1 Å². The van der Waals surface area contributed by atoms with Crippen LogP contribution in [-0.4, -0.2) is 21.3 Å². The van der Waals surface area contributed by atoms with Crippen LogP contribution >= 0.6 is 0 Å². The minimum atomic E-state index is -3.31. The summed E-state index contributed by atoms with van der Waals surface area (Å²) in [7, 11) is -3.31. The van der Waals surface area contributed by atoms with Crippen LogP contribution in [0.1, 0.15) is 99.3 Å². The van der Waals surface area contributed by atoms with Gasteiger partial charge in [-0.2, -0.15) is 8.42 Å². The van der Waals surface area contributed by atoms with Crippen LogP contribution < -0.4 is 0 Å². The highest BCUT2D eigenvalue weighted by Gasteiger charge is 2.05. The first-order valence-electron chi connectivity index (χ1n) is 11.4. The minimum Gasteiger partial charge on any atom is -0.270 e. The van der Waals surface area contributed by atoms with E-state index in [1.807, 2.05) is 0 Å². The Labute approximate surface area is 187 Å². The van der Waals surface area contributed by atoms with E-state index in [2.05, 4.69) is 65.8 Å². The summed E-state index contributed by atoms with van der Waals surface area (Å²) in [6, 6.07) is 0. The van der Waals surface area contributed by atoms with Gasteiger partial charge in [-0.25, -0.2) is 0 Å². The van der Waals surface area contributed by atoms with E-state index >= 15 is 0 Å². The van der Waals surface area contributed by atoms with Crippen LogP contribution in [0.2, 0.25) is 0 Å². The van der Waals surface area contributed by atoms with Crippen molar-refractivity contribution in [3.63, 3.8) is 0 Å². The van der Waals surface area contributed by atoms with E-state index < -0.39 is 10.1 Å². The quantitative estimate of drug-likeness (QED) is 0.181. The van der Waals surface area contributed by atoms with E-state index in [-0.39, 0.29) is 6.61 Å². The van der Waals surface area contributed by atoms with Gasteiger partial charge in [-0.1, -0.05) is 53.5 Å². The normalized spacial score (nSPS) is 14.7. The third-order valence-electron chi connectivity index (χ3n) is 5.21. The number of allylic oxidation sites excluding steroid dienone is 8. The molecule has 1 atom stereocenters. The Kier molecular flexibility index (Phi) is 15.9. The van der Waals surface area contributed by atoms with Gasteiger partial charge >= 0.3 is 0 Å². The van der Waals surface area contributed by atoms with E-state index in [1.165, 1.54) is 28.7 Å². The maximum absolute atomic E-state index is 11.0. The molecule has 30 heavy (non-hydrogen) atoms. The zero-order valence-corrected chi connectivity index (χ0v) is 21.4. The molecule has 0 aromatic carbocycles. The van der Waals surface area contributed by atoms with E-state index in [4.69, 9.17) is 4.18 Å². The first-order chi connectivity index (χ1) is 14.0. The molecule has 0 radical (unpaired) electrons.